The van der Waals surface area contributed by atoms with E-state index in [1.165, 1.54) is 11.3 Å². The third kappa shape index (κ3) is 3.30. The lowest BCUT2D eigenvalue weighted by Crippen LogP contribution is -2.44. The van der Waals surface area contributed by atoms with Crippen molar-refractivity contribution in [2.45, 2.75) is 25.8 Å². The molecule has 0 aliphatic carbocycles. The molecular weight excluding hydrogens is 328 g/mol. The van der Waals surface area contributed by atoms with Gasteiger partial charge in [0, 0.05) is 25.2 Å². The number of halogens is 1. The van der Waals surface area contributed by atoms with Crippen LogP contribution in [0.25, 0.3) is 0 Å². The summed E-state index contributed by atoms with van der Waals surface area (Å²) in [5, 5.41) is 0. The largest absolute Gasteiger partial charge is 0.495 e. The molecule has 106 valence electrons. The maximum Gasteiger partial charge on any atom is 0.264 e. The highest BCUT2D eigenvalue weighted by Gasteiger charge is 2.27. The van der Waals surface area contributed by atoms with Gasteiger partial charge in [-0.25, -0.2) is 0 Å². The summed E-state index contributed by atoms with van der Waals surface area (Å²) in [5.41, 5.74) is 5.96. The number of piperidine rings is 1. The Morgan fingerprint density at radius 1 is 1.68 bits per heavy atom. The predicted octanol–water partition coefficient (Wildman–Crippen LogP) is 2.72. The third-order valence-electron chi connectivity index (χ3n) is 3.57. The molecule has 1 saturated heterocycles. The molecule has 2 atom stereocenters. The minimum Gasteiger partial charge on any atom is -0.495 e. The van der Waals surface area contributed by atoms with Crippen LogP contribution in [0.5, 0.6) is 5.75 Å². The molecule has 1 aliphatic rings. The molecule has 19 heavy (non-hydrogen) atoms. The van der Waals surface area contributed by atoms with Gasteiger partial charge in [0.05, 0.1) is 12.0 Å². The highest BCUT2D eigenvalue weighted by molar-refractivity contribution is 9.11. The summed E-state index contributed by atoms with van der Waals surface area (Å²) < 4.78 is 6.06. The van der Waals surface area contributed by atoms with E-state index >= 15 is 0 Å². The van der Waals surface area contributed by atoms with Crippen molar-refractivity contribution in [3.63, 3.8) is 0 Å². The molecule has 4 nitrogen and oxygen atoms in total. The Labute approximate surface area is 126 Å². The standard InChI is InChI=1S/C13H19BrN2O2S/c1-8(15)9-4-3-5-16(7-9)13(17)11-6-10(18-2)12(14)19-11/h6,8-9H,3-5,7,15H2,1-2H3. The van der Waals surface area contributed by atoms with E-state index in [4.69, 9.17) is 10.5 Å². The van der Waals surface area contributed by atoms with Gasteiger partial charge < -0.3 is 15.4 Å². The average Bonchev–Trinajstić information content (AvgIpc) is 2.79. The zero-order valence-electron chi connectivity index (χ0n) is 11.2. The van der Waals surface area contributed by atoms with E-state index in [0.29, 0.717) is 16.5 Å². The van der Waals surface area contributed by atoms with Crippen LogP contribution in [0.2, 0.25) is 0 Å². The van der Waals surface area contributed by atoms with Crippen molar-refractivity contribution >= 4 is 33.2 Å². The molecule has 1 aromatic rings. The Balaban J connectivity index is 2.10. The number of ether oxygens (including phenoxy) is 1. The smallest absolute Gasteiger partial charge is 0.264 e. The molecule has 2 N–H and O–H groups in total. The number of nitrogens with two attached hydrogens (primary N) is 1. The predicted molar refractivity (Wildman–Crippen MR) is 80.8 cm³/mol. The number of nitrogens with zero attached hydrogens (tertiary/aromatic N) is 1. The van der Waals surface area contributed by atoms with E-state index in [-0.39, 0.29) is 11.9 Å². The molecule has 0 saturated carbocycles. The second-order valence-corrected chi connectivity index (χ2v) is 7.34. The Morgan fingerprint density at radius 2 is 2.42 bits per heavy atom. The minimum atomic E-state index is 0.0827. The monoisotopic (exact) mass is 346 g/mol. The Hall–Kier alpha value is -0.590. The molecule has 6 heteroatoms. The third-order valence-corrected chi connectivity index (χ3v) is 5.34. The SMILES string of the molecule is COc1cc(C(=O)N2CCCC(C(C)N)C2)sc1Br. The Kier molecular flexibility index (Phi) is 4.86. The summed E-state index contributed by atoms with van der Waals surface area (Å²) in [4.78, 5) is 15.1. The first-order valence-electron chi connectivity index (χ1n) is 6.41. The zero-order chi connectivity index (χ0) is 14.0. The van der Waals surface area contributed by atoms with Crippen LogP contribution in [-0.2, 0) is 0 Å². The first-order valence-corrected chi connectivity index (χ1v) is 8.02. The molecular formula is C13H19BrN2O2S. The number of rotatable bonds is 3. The Bertz CT molecular complexity index is 461. The van der Waals surface area contributed by atoms with Gasteiger partial charge in [-0.05, 0) is 41.6 Å². The van der Waals surface area contributed by atoms with Crippen molar-refractivity contribution in [1.82, 2.24) is 4.90 Å². The average molecular weight is 347 g/mol. The molecule has 2 rings (SSSR count). The van der Waals surface area contributed by atoms with Crippen molar-refractivity contribution in [3.8, 4) is 5.75 Å². The van der Waals surface area contributed by atoms with Crippen molar-refractivity contribution < 1.29 is 9.53 Å². The van der Waals surface area contributed by atoms with E-state index in [2.05, 4.69) is 15.9 Å². The van der Waals surface area contributed by atoms with Gasteiger partial charge in [-0.3, -0.25) is 4.79 Å². The van der Waals surface area contributed by atoms with Crippen LogP contribution in [0.3, 0.4) is 0 Å². The van der Waals surface area contributed by atoms with Crippen molar-refractivity contribution in [3.05, 3.63) is 14.7 Å². The second-order valence-electron chi connectivity index (χ2n) is 4.97. The first kappa shape index (κ1) is 14.8. The topological polar surface area (TPSA) is 55.6 Å². The fraction of sp³-hybridized carbons (Fsp3) is 0.615. The highest BCUT2D eigenvalue weighted by Crippen LogP contribution is 2.35. The van der Waals surface area contributed by atoms with Crippen LogP contribution in [-0.4, -0.2) is 37.0 Å². The van der Waals surface area contributed by atoms with E-state index in [1.807, 2.05) is 11.8 Å². The molecule has 2 heterocycles. The quantitative estimate of drug-likeness (QED) is 0.915. The van der Waals surface area contributed by atoms with Crippen LogP contribution >= 0.6 is 27.3 Å². The van der Waals surface area contributed by atoms with Crippen LogP contribution in [0.4, 0.5) is 0 Å². The number of hydrogen-bond donors (Lipinski definition) is 1. The first-order chi connectivity index (χ1) is 9.02. The normalized spacial score (nSPS) is 21.3. The number of hydrogen-bond acceptors (Lipinski definition) is 4. The number of likely N-dealkylation sites (tertiary alicyclic amines) is 1. The van der Waals surface area contributed by atoms with Crippen molar-refractivity contribution in [2.24, 2.45) is 11.7 Å². The van der Waals surface area contributed by atoms with Gasteiger partial charge in [0.25, 0.3) is 5.91 Å². The maximum atomic E-state index is 12.5. The number of amides is 1. The van der Waals surface area contributed by atoms with E-state index < -0.39 is 0 Å². The fourth-order valence-corrected chi connectivity index (χ4v) is 3.99. The van der Waals surface area contributed by atoms with Gasteiger partial charge in [-0.1, -0.05) is 0 Å². The van der Waals surface area contributed by atoms with Crippen molar-refractivity contribution in [2.75, 3.05) is 20.2 Å². The van der Waals surface area contributed by atoms with E-state index in [9.17, 15) is 4.79 Å². The minimum absolute atomic E-state index is 0.0827. The summed E-state index contributed by atoms with van der Waals surface area (Å²) in [6.07, 6.45) is 2.14. The van der Waals surface area contributed by atoms with Gasteiger partial charge in [0.1, 0.15) is 9.54 Å². The van der Waals surface area contributed by atoms with Crippen LogP contribution in [0.1, 0.15) is 29.4 Å². The molecule has 0 radical (unpaired) electrons. The molecule has 2 unspecified atom stereocenters. The number of carbonyl (C=O) groups excluding carboxylic acids is 1. The van der Waals surface area contributed by atoms with Crippen LogP contribution in [0, 0.1) is 5.92 Å². The lowest BCUT2D eigenvalue weighted by atomic mass is 9.92. The summed E-state index contributed by atoms with van der Waals surface area (Å²) in [6.45, 7) is 3.59. The van der Waals surface area contributed by atoms with Gasteiger partial charge in [0.15, 0.2) is 0 Å². The summed E-state index contributed by atoms with van der Waals surface area (Å²) in [6, 6.07) is 1.94. The van der Waals surface area contributed by atoms with E-state index in [1.54, 1.807) is 13.2 Å². The van der Waals surface area contributed by atoms with Gasteiger partial charge in [-0.15, -0.1) is 11.3 Å². The molecule has 0 bridgehead atoms. The van der Waals surface area contributed by atoms with Gasteiger partial charge in [0.2, 0.25) is 0 Å². The zero-order valence-corrected chi connectivity index (χ0v) is 13.6. The Morgan fingerprint density at radius 3 is 3.00 bits per heavy atom. The lowest BCUT2D eigenvalue weighted by molar-refractivity contribution is 0.0665. The van der Waals surface area contributed by atoms with Crippen LogP contribution < -0.4 is 10.5 Å². The summed E-state index contributed by atoms with van der Waals surface area (Å²) in [7, 11) is 1.61. The van der Waals surface area contributed by atoms with Crippen LogP contribution in [0.15, 0.2) is 9.85 Å². The fourth-order valence-electron chi connectivity index (χ4n) is 2.38. The number of thiophene rings is 1. The summed E-state index contributed by atoms with van der Waals surface area (Å²) >= 11 is 4.83. The lowest BCUT2D eigenvalue weighted by Gasteiger charge is -2.34. The maximum absolute atomic E-state index is 12.5. The second kappa shape index (κ2) is 6.24. The van der Waals surface area contributed by atoms with Gasteiger partial charge >= 0.3 is 0 Å². The van der Waals surface area contributed by atoms with E-state index in [0.717, 1.165) is 29.7 Å². The molecule has 1 amide bonds. The highest BCUT2D eigenvalue weighted by atomic mass is 79.9. The molecule has 1 aliphatic heterocycles. The number of methoxy groups -OCH3 is 1. The molecule has 1 fully saturated rings. The molecule has 1 aromatic heterocycles. The molecule has 0 spiro atoms. The van der Waals surface area contributed by atoms with Crippen molar-refractivity contribution in [1.29, 1.82) is 0 Å². The van der Waals surface area contributed by atoms with Gasteiger partial charge in [-0.2, -0.15) is 0 Å². The number of carbonyl (C=O) groups is 1. The summed E-state index contributed by atoms with van der Waals surface area (Å²) in [5.74, 6) is 1.21. The molecule has 0 aromatic carbocycles.